The van der Waals surface area contributed by atoms with E-state index in [1.807, 2.05) is 152 Å². The topological polar surface area (TPSA) is 75.6 Å². The van der Waals surface area contributed by atoms with Gasteiger partial charge in [-0.25, -0.2) is 0 Å². The van der Waals surface area contributed by atoms with Gasteiger partial charge in [-0.05, 0) is 39.9 Å². The highest BCUT2D eigenvalue weighted by Gasteiger charge is 2.41. The quantitative estimate of drug-likeness (QED) is 0.115. The summed E-state index contributed by atoms with van der Waals surface area (Å²) in [7, 11) is 1.58. The van der Waals surface area contributed by atoms with Crippen LogP contribution in [0.25, 0.3) is 0 Å². The Labute approximate surface area is 298 Å². The summed E-state index contributed by atoms with van der Waals surface area (Å²) in [6, 6.07) is 49.1. The van der Waals surface area contributed by atoms with Crippen LogP contribution in [0.15, 0.2) is 152 Å². The molecule has 0 radical (unpaired) electrons. The molecule has 1 aliphatic heterocycles. The van der Waals surface area contributed by atoms with Crippen molar-refractivity contribution in [3.8, 4) is 28.7 Å². The number of ether oxygens (including phenoxy) is 6. The molecule has 0 aromatic heterocycles. The molecule has 0 saturated carbocycles. The first-order valence-corrected chi connectivity index (χ1v) is 17.0. The number of fused-ring (bicyclic) bond motifs is 1. The second kappa shape index (κ2) is 16.3. The van der Waals surface area contributed by atoms with E-state index in [4.69, 9.17) is 28.4 Å². The molecule has 1 aliphatic rings. The number of hydrogen-bond acceptors (Lipinski definition) is 7. The van der Waals surface area contributed by atoms with Gasteiger partial charge in [0.1, 0.15) is 55.9 Å². The minimum atomic E-state index is -1.07. The number of aliphatic hydroxyl groups is 1. The van der Waals surface area contributed by atoms with Crippen LogP contribution in [-0.2, 0) is 31.2 Å². The van der Waals surface area contributed by atoms with Crippen molar-refractivity contribution in [2.45, 2.75) is 44.7 Å². The Kier molecular flexibility index (Phi) is 10.8. The first-order chi connectivity index (χ1) is 25.1. The van der Waals surface area contributed by atoms with Gasteiger partial charge < -0.3 is 33.5 Å². The van der Waals surface area contributed by atoms with Crippen molar-refractivity contribution >= 4 is 0 Å². The Morgan fingerprint density at radius 2 is 0.980 bits per heavy atom. The van der Waals surface area contributed by atoms with E-state index in [2.05, 4.69) is 0 Å². The molecule has 1 N–H and O–H groups in total. The van der Waals surface area contributed by atoms with Crippen molar-refractivity contribution in [2.24, 2.45) is 0 Å². The lowest BCUT2D eigenvalue weighted by molar-refractivity contribution is -0.0882. The van der Waals surface area contributed by atoms with Gasteiger partial charge in [0.25, 0.3) is 0 Å². The molecule has 0 saturated heterocycles. The second-order valence-corrected chi connectivity index (χ2v) is 12.3. The summed E-state index contributed by atoms with van der Waals surface area (Å²) >= 11 is 0. The number of rotatable bonds is 14. The maximum absolute atomic E-state index is 11.9. The Balaban J connectivity index is 1.21. The Morgan fingerprint density at radius 1 is 0.510 bits per heavy atom. The van der Waals surface area contributed by atoms with Crippen LogP contribution in [0, 0.1) is 0 Å². The molecule has 7 nitrogen and oxygen atoms in total. The number of methoxy groups -OCH3 is 1. The van der Waals surface area contributed by atoms with E-state index in [1.54, 1.807) is 7.11 Å². The van der Waals surface area contributed by atoms with Gasteiger partial charge in [-0.15, -0.1) is 0 Å². The Bertz CT molecular complexity index is 1990. The molecule has 6 aromatic rings. The van der Waals surface area contributed by atoms with Crippen LogP contribution in [0.4, 0.5) is 0 Å². The zero-order valence-electron chi connectivity index (χ0n) is 28.4. The van der Waals surface area contributed by atoms with Gasteiger partial charge in [-0.2, -0.15) is 0 Å². The number of benzene rings is 6. The van der Waals surface area contributed by atoms with Gasteiger partial charge in [-0.3, -0.25) is 0 Å². The van der Waals surface area contributed by atoms with E-state index >= 15 is 0 Å². The zero-order chi connectivity index (χ0) is 34.8. The summed E-state index contributed by atoms with van der Waals surface area (Å²) in [6.07, 6.45) is -2.62. The fourth-order valence-electron chi connectivity index (χ4n) is 6.10. The lowest BCUT2D eigenvalue weighted by atomic mass is 10.0. The van der Waals surface area contributed by atoms with E-state index in [9.17, 15) is 5.11 Å². The normalized spacial score (nSPS) is 16.4. The molecule has 1 heterocycles. The Morgan fingerprint density at radius 3 is 1.49 bits per heavy atom. The third kappa shape index (κ3) is 8.35. The number of aliphatic hydroxyl groups excluding tert-OH is 1. The van der Waals surface area contributed by atoms with Gasteiger partial charge in [0.15, 0.2) is 17.6 Å². The molecule has 258 valence electrons. The van der Waals surface area contributed by atoms with Crippen molar-refractivity contribution in [1.29, 1.82) is 0 Å². The third-order valence-electron chi connectivity index (χ3n) is 8.75. The lowest BCUT2D eigenvalue weighted by Gasteiger charge is -2.37. The van der Waals surface area contributed by atoms with E-state index in [0.29, 0.717) is 66.3 Å². The van der Waals surface area contributed by atoms with Gasteiger partial charge in [-0.1, -0.05) is 127 Å². The fraction of sp³-hybridized carbons (Fsp3) is 0.182. The monoisotopic (exact) mass is 681 g/mol. The van der Waals surface area contributed by atoms with Crippen molar-refractivity contribution in [1.82, 2.24) is 0 Å². The van der Waals surface area contributed by atoms with Gasteiger partial charge in [0, 0.05) is 19.2 Å². The highest BCUT2D eigenvalue weighted by atomic mass is 16.6. The van der Waals surface area contributed by atoms with Crippen molar-refractivity contribution in [2.75, 3.05) is 7.11 Å². The summed E-state index contributed by atoms with van der Waals surface area (Å²) in [6.45, 7) is 1.40. The number of hydrogen-bond donors (Lipinski definition) is 1. The third-order valence-corrected chi connectivity index (χ3v) is 8.75. The minimum absolute atomic E-state index is 0.317. The molecule has 51 heavy (non-hydrogen) atoms. The van der Waals surface area contributed by atoms with Crippen LogP contribution in [0.3, 0.4) is 0 Å². The van der Waals surface area contributed by atoms with Crippen LogP contribution in [0.1, 0.15) is 45.6 Å². The predicted molar refractivity (Wildman–Crippen MR) is 195 cm³/mol. The van der Waals surface area contributed by atoms with Crippen LogP contribution in [0.5, 0.6) is 28.7 Å². The maximum atomic E-state index is 11.9. The van der Waals surface area contributed by atoms with Crippen LogP contribution in [-0.4, -0.2) is 18.3 Å². The van der Waals surface area contributed by atoms with Crippen molar-refractivity contribution in [3.05, 3.63) is 185 Å². The predicted octanol–water partition coefficient (Wildman–Crippen LogP) is 9.18. The molecule has 0 bridgehead atoms. The lowest BCUT2D eigenvalue weighted by Crippen LogP contribution is -2.35. The molecule has 3 atom stereocenters. The summed E-state index contributed by atoms with van der Waals surface area (Å²) in [5, 5.41) is 11.9. The SMILES string of the molecule is CO[13C@H]1c2c(OCc3ccccc3)cc(OCc3ccccc3)cc2O[C@H](c2ccc(OCc3ccccc3)c(OCc3ccccc3)c2)[C@H]1O. The summed E-state index contributed by atoms with van der Waals surface area (Å²) in [5.41, 5.74) is 5.41. The highest BCUT2D eigenvalue weighted by Crippen LogP contribution is 2.49. The molecule has 0 spiro atoms. The van der Waals surface area contributed by atoms with Gasteiger partial charge in [0.05, 0.1) is 5.56 Å². The maximum Gasteiger partial charge on any atom is 0.162 e. The molecule has 6 aromatic carbocycles. The van der Waals surface area contributed by atoms with E-state index < -0.39 is 18.3 Å². The second-order valence-electron chi connectivity index (χ2n) is 12.3. The van der Waals surface area contributed by atoms with E-state index in [-0.39, 0.29) is 0 Å². The Hall–Kier alpha value is -5.76. The minimum Gasteiger partial charge on any atom is -0.489 e. The standard InChI is InChI=1S/C44H40O7/c1-46-44-41-39(50-30-34-20-12-5-13-21-34)25-36(47-27-31-14-6-2-7-15-31)26-40(41)51-43(42(44)45)35-22-23-37(48-28-32-16-8-3-9-17-32)38(24-35)49-29-33-18-10-4-11-19-33/h2-26,42-45H,27-30H2,1H3/t42-,43-,44+/m1/s1/i44+1. The highest BCUT2D eigenvalue weighted by molar-refractivity contribution is 5.55. The molecule has 0 fully saturated rings. The molecule has 0 unspecified atom stereocenters. The van der Waals surface area contributed by atoms with Crippen LogP contribution < -0.4 is 23.7 Å². The van der Waals surface area contributed by atoms with Gasteiger partial charge in [0.2, 0.25) is 0 Å². The molecule has 0 amide bonds. The summed E-state index contributed by atoms with van der Waals surface area (Å²) < 4.78 is 37.9. The smallest absolute Gasteiger partial charge is 0.162 e. The molecule has 7 rings (SSSR count). The summed E-state index contributed by atoms with van der Waals surface area (Å²) in [5.74, 6) is 2.71. The summed E-state index contributed by atoms with van der Waals surface area (Å²) in [4.78, 5) is 0. The van der Waals surface area contributed by atoms with Crippen LogP contribution in [0.2, 0.25) is 0 Å². The largest absolute Gasteiger partial charge is 0.489 e. The zero-order valence-corrected chi connectivity index (χ0v) is 28.4. The molecular formula is C44H40O7. The molecule has 0 aliphatic carbocycles. The van der Waals surface area contributed by atoms with Gasteiger partial charge >= 0.3 is 0 Å². The average molecular weight is 682 g/mol. The molecule has 7 heteroatoms. The first-order valence-electron chi connectivity index (χ1n) is 17.0. The van der Waals surface area contributed by atoms with Crippen molar-refractivity contribution in [3.63, 3.8) is 0 Å². The van der Waals surface area contributed by atoms with Crippen LogP contribution >= 0.6 is 0 Å². The van der Waals surface area contributed by atoms with E-state index in [1.165, 1.54) is 0 Å². The first kappa shape index (κ1) is 33.7. The van der Waals surface area contributed by atoms with Crippen molar-refractivity contribution < 1.29 is 33.5 Å². The average Bonchev–Trinajstić information content (AvgIpc) is 3.19. The van der Waals surface area contributed by atoms with E-state index in [0.717, 1.165) is 22.3 Å². The molecular weight excluding hydrogens is 641 g/mol. The fourth-order valence-corrected chi connectivity index (χ4v) is 6.10.